The summed E-state index contributed by atoms with van der Waals surface area (Å²) in [6.45, 7) is 0. The largest absolute Gasteiger partial charge is 0.478 e. The predicted molar refractivity (Wildman–Crippen MR) is 128 cm³/mol. The number of carboxylic acids is 2. The van der Waals surface area contributed by atoms with Crippen LogP contribution < -0.4 is 10.6 Å². The van der Waals surface area contributed by atoms with Crippen LogP contribution >= 0.6 is 0 Å². The number of carboxylic acid groups (broad SMARTS) is 2. The van der Waals surface area contributed by atoms with E-state index in [1.54, 1.807) is 36.4 Å². The molecule has 0 saturated carbocycles. The molecular formula is C26H18N2O6. The van der Waals surface area contributed by atoms with Crippen molar-refractivity contribution >= 4 is 66.8 Å². The molecule has 4 N–H and O–H groups in total. The van der Waals surface area contributed by atoms with Crippen molar-refractivity contribution in [3.63, 3.8) is 0 Å². The Hall–Kier alpha value is -4.72. The summed E-state index contributed by atoms with van der Waals surface area (Å²) in [5.41, 5.74) is 0.430. The topological polar surface area (TPSA) is 133 Å². The van der Waals surface area contributed by atoms with Gasteiger partial charge < -0.3 is 20.8 Å². The molecule has 0 aromatic heterocycles. The number of benzene rings is 5. The minimum absolute atomic E-state index is 0.0111. The van der Waals surface area contributed by atoms with E-state index < -0.39 is 23.8 Å². The van der Waals surface area contributed by atoms with Crippen LogP contribution in [0.25, 0.3) is 43.1 Å². The molecule has 34 heavy (non-hydrogen) atoms. The molecule has 5 aromatic rings. The monoisotopic (exact) mass is 454 g/mol. The van der Waals surface area contributed by atoms with Gasteiger partial charge in [0.25, 0.3) is 11.8 Å². The van der Waals surface area contributed by atoms with Crippen molar-refractivity contribution in [3.8, 4) is 0 Å². The Balaban J connectivity index is 2.12. The maximum atomic E-state index is 12.6. The highest BCUT2D eigenvalue weighted by Crippen LogP contribution is 2.43. The second-order valence-corrected chi connectivity index (χ2v) is 7.91. The van der Waals surface area contributed by atoms with Gasteiger partial charge in [0.15, 0.2) is 0 Å². The van der Waals surface area contributed by atoms with Crippen LogP contribution in [0.2, 0.25) is 0 Å². The average molecular weight is 454 g/mol. The van der Waals surface area contributed by atoms with E-state index in [1.165, 1.54) is 26.2 Å². The second kappa shape index (κ2) is 7.41. The minimum atomic E-state index is -1.17. The van der Waals surface area contributed by atoms with E-state index in [0.717, 1.165) is 0 Å². The Morgan fingerprint density at radius 1 is 0.500 bits per heavy atom. The molecule has 5 rings (SSSR count). The van der Waals surface area contributed by atoms with Crippen molar-refractivity contribution in [3.05, 3.63) is 70.8 Å². The lowest BCUT2D eigenvalue weighted by molar-refractivity contribution is 0.0688. The predicted octanol–water partition coefficient (Wildman–Crippen LogP) is 3.85. The lowest BCUT2D eigenvalue weighted by atomic mass is 9.84. The summed E-state index contributed by atoms with van der Waals surface area (Å²) < 4.78 is 0. The fourth-order valence-corrected chi connectivity index (χ4v) is 4.89. The summed E-state index contributed by atoms with van der Waals surface area (Å²) in [6, 6.07) is 12.8. The normalized spacial score (nSPS) is 11.4. The fraction of sp³-hybridized carbons (Fsp3) is 0.0769. The SMILES string of the molecule is CNC(=O)c1ccc2c3ccc(C(=O)O)c4c(C(=O)NC)ccc(c5ccc(C(=O)O)c1c52)c43. The highest BCUT2D eigenvalue weighted by molar-refractivity contribution is 6.38. The van der Waals surface area contributed by atoms with Gasteiger partial charge in [-0.2, -0.15) is 0 Å². The molecule has 0 heterocycles. The average Bonchev–Trinajstić information content (AvgIpc) is 2.84. The molecule has 168 valence electrons. The Labute approximate surface area is 192 Å². The van der Waals surface area contributed by atoms with Gasteiger partial charge in [-0.05, 0) is 56.6 Å². The molecule has 0 saturated heterocycles. The number of rotatable bonds is 4. The van der Waals surface area contributed by atoms with E-state index in [4.69, 9.17) is 0 Å². The van der Waals surface area contributed by atoms with Gasteiger partial charge in [-0.15, -0.1) is 0 Å². The Bertz CT molecular complexity index is 1570. The molecule has 0 bridgehead atoms. The molecule has 0 aliphatic carbocycles. The first-order valence-electron chi connectivity index (χ1n) is 10.4. The van der Waals surface area contributed by atoms with Gasteiger partial charge >= 0.3 is 11.9 Å². The number of carbonyl (C=O) groups excluding carboxylic acids is 2. The maximum absolute atomic E-state index is 12.6. The molecule has 2 amide bonds. The number of nitrogens with one attached hydrogen (secondary N) is 2. The number of aromatic carboxylic acids is 2. The summed E-state index contributed by atoms with van der Waals surface area (Å²) in [5.74, 6) is -3.17. The third-order valence-corrected chi connectivity index (χ3v) is 6.31. The Morgan fingerprint density at radius 2 is 0.794 bits per heavy atom. The molecule has 8 nitrogen and oxygen atoms in total. The summed E-state index contributed by atoms with van der Waals surface area (Å²) in [7, 11) is 2.95. The third-order valence-electron chi connectivity index (χ3n) is 6.31. The van der Waals surface area contributed by atoms with Crippen LogP contribution in [-0.4, -0.2) is 48.1 Å². The van der Waals surface area contributed by atoms with Crippen LogP contribution in [0.5, 0.6) is 0 Å². The molecule has 8 heteroatoms. The molecule has 5 aromatic carbocycles. The standard InChI is InChI=1S/C26H18N2O6/c1-27-23(29)15-7-3-11-14-6-10-18(26(33)34)22-16(24(30)28-2)8-4-12(20(14)22)13-5-9-17(25(31)32)21(15)19(11)13/h3-10H,1-2H3,(H,27,29)(H,28,30)(H,31,32)(H,33,34). The van der Waals surface area contributed by atoms with Crippen molar-refractivity contribution in [2.24, 2.45) is 0 Å². The molecule has 0 aliphatic rings. The lowest BCUT2D eigenvalue weighted by Crippen LogP contribution is -2.19. The maximum Gasteiger partial charge on any atom is 0.336 e. The first-order chi connectivity index (χ1) is 16.3. The molecular weight excluding hydrogens is 436 g/mol. The third kappa shape index (κ3) is 2.72. The molecule has 0 unspecified atom stereocenters. The lowest BCUT2D eigenvalue weighted by Gasteiger charge is -2.19. The second-order valence-electron chi connectivity index (χ2n) is 7.91. The van der Waals surface area contributed by atoms with Gasteiger partial charge in [-0.1, -0.05) is 24.3 Å². The van der Waals surface area contributed by atoms with Gasteiger partial charge in [0.1, 0.15) is 0 Å². The van der Waals surface area contributed by atoms with E-state index >= 15 is 0 Å². The van der Waals surface area contributed by atoms with Crippen LogP contribution in [0.4, 0.5) is 0 Å². The van der Waals surface area contributed by atoms with Gasteiger partial charge in [0, 0.05) is 36.0 Å². The van der Waals surface area contributed by atoms with Crippen molar-refractivity contribution in [1.29, 1.82) is 0 Å². The van der Waals surface area contributed by atoms with Crippen molar-refractivity contribution in [2.45, 2.75) is 0 Å². The zero-order valence-corrected chi connectivity index (χ0v) is 18.1. The Kier molecular flexibility index (Phi) is 4.61. The summed E-state index contributed by atoms with van der Waals surface area (Å²) in [5, 5.41) is 29.3. The Morgan fingerprint density at radius 3 is 1.06 bits per heavy atom. The molecule has 0 aliphatic heterocycles. The number of fused-ring (bicyclic) bond motifs is 2. The van der Waals surface area contributed by atoms with E-state index in [2.05, 4.69) is 10.6 Å². The summed E-state index contributed by atoms with van der Waals surface area (Å²) >= 11 is 0. The summed E-state index contributed by atoms with van der Waals surface area (Å²) in [4.78, 5) is 49.4. The zero-order chi connectivity index (χ0) is 24.3. The van der Waals surface area contributed by atoms with Crippen molar-refractivity contribution in [1.82, 2.24) is 10.6 Å². The molecule has 0 fully saturated rings. The van der Waals surface area contributed by atoms with E-state index in [1.807, 2.05) is 0 Å². The minimum Gasteiger partial charge on any atom is -0.478 e. The fourth-order valence-electron chi connectivity index (χ4n) is 4.89. The van der Waals surface area contributed by atoms with Gasteiger partial charge in [-0.3, -0.25) is 9.59 Å². The van der Waals surface area contributed by atoms with Crippen LogP contribution in [0.15, 0.2) is 48.5 Å². The highest BCUT2D eigenvalue weighted by atomic mass is 16.4. The number of carbonyl (C=O) groups is 4. The highest BCUT2D eigenvalue weighted by Gasteiger charge is 2.25. The van der Waals surface area contributed by atoms with Crippen LogP contribution in [0.3, 0.4) is 0 Å². The first-order valence-corrected chi connectivity index (χ1v) is 10.4. The summed E-state index contributed by atoms with van der Waals surface area (Å²) in [6.07, 6.45) is 0. The molecule has 0 spiro atoms. The number of hydrogen-bond acceptors (Lipinski definition) is 4. The van der Waals surface area contributed by atoms with Crippen LogP contribution in [-0.2, 0) is 0 Å². The van der Waals surface area contributed by atoms with E-state index in [9.17, 15) is 29.4 Å². The molecule has 0 radical (unpaired) electrons. The smallest absolute Gasteiger partial charge is 0.336 e. The van der Waals surface area contributed by atoms with Crippen LogP contribution in [0.1, 0.15) is 41.4 Å². The number of amides is 2. The van der Waals surface area contributed by atoms with Gasteiger partial charge in [0.05, 0.1) is 11.1 Å². The van der Waals surface area contributed by atoms with E-state index in [0.29, 0.717) is 43.1 Å². The zero-order valence-electron chi connectivity index (χ0n) is 18.1. The van der Waals surface area contributed by atoms with Gasteiger partial charge in [-0.25, -0.2) is 9.59 Å². The first kappa shape index (κ1) is 21.1. The van der Waals surface area contributed by atoms with Gasteiger partial charge in [0.2, 0.25) is 0 Å². The number of hydrogen-bond donors (Lipinski definition) is 4. The molecule has 0 atom stereocenters. The van der Waals surface area contributed by atoms with Crippen LogP contribution in [0, 0.1) is 0 Å². The van der Waals surface area contributed by atoms with Crippen molar-refractivity contribution < 1.29 is 29.4 Å². The van der Waals surface area contributed by atoms with Crippen molar-refractivity contribution in [2.75, 3.05) is 14.1 Å². The van der Waals surface area contributed by atoms with E-state index in [-0.39, 0.29) is 22.3 Å². The quantitative estimate of drug-likeness (QED) is 0.241.